The number of unbranched alkanes of at least 4 members (excludes halogenated alkanes) is 1. The number of nitrogens with one attached hydrogen (secondary N) is 2. The number of hydrogen-bond donors (Lipinski definition) is 2. The van der Waals surface area contributed by atoms with E-state index < -0.39 is 0 Å². The Hall–Kier alpha value is -0.770. The first kappa shape index (κ1) is 15.3. The molecule has 1 rings (SSSR count). The fraction of sp³-hybridized carbons (Fsp3) is 0.929. The third-order valence-electron chi connectivity index (χ3n) is 3.93. The van der Waals surface area contributed by atoms with Gasteiger partial charge in [-0.25, -0.2) is 4.79 Å². The van der Waals surface area contributed by atoms with Gasteiger partial charge in [0.1, 0.15) is 0 Å². The van der Waals surface area contributed by atoms with Gasteiger partial charge in [-0.1, -0.05) is 27.2 Å². The van der Waals surface area contributed by atoms with Crippen molar-refractivity contribution in [2.75, 3.05) is 13.2 Å². The van der Waals surface area contributed by atoms with E-state index >= 15 is 0 Å². The van der Waals surface area contributed by atoms with Crippen LogP contribution in [0.5, 0.6) is 0 Å². The summed E-state index contributed by atoms with van der Waals surface area (Å²) in [5, 5.41) is 5.97. The van der Waals surface area contributed by atoms with Gasteiger partial charge in [0.05, 0.1) is 5.60 Å². The zero-order chi connectivity index (χ0) is 13.4. The summed E-state index contributed by atoms with van der Waals surface area (Å²) in [5.41, 5.74) is -0.0282. The molecule has 0 saturated carbocycles. The molecule has 106 valence electrons. The van der Waals surface area contributed by atoms with Crippen LogP contribution < -0.4 is 10.6 Å². The molecule has 4 heteroatoms. The zero-order valence-corrected chi connectivity index (χ0v) is 12.1. The minimum atomic E-state index is -0.0311. The fourth-order valence-electron chi connectivity index (χ4n) is 2.51. The topological polar surface area (TPSA) is 50.4 Å². The van der Waals surface area contributed by atoms with Crippen LogP contribution >= 0.6 is 0 Å². The van der Waals surface area contributed by atoms with Gasteiger partial charge in [0.15, 0.2) is 0 Å². The molecule has 18 heavy (non-hydrogen) atoms. The highest BCUT2D eigenvalue weighted by Crippen LogP contribution is 2.31. The normalized spacial score (nSPS) is 22.5. The molecule has 0 aromatic rings. The molecule has 1 fully saturated rings. The van der Waals surface area contributed by atoms with E-state index in [4.69, 9.17) is 4.74 Å². The fourth-order valence-corrected chi connectivity index (χ4v) is 2.51. The van der Waals surface area contributed by atoms with Crippen LogP contribution in [0, 0.1) is 0 Å². The molecule has 1 unspecified atom stereocenters. The van der Waals surface area contributed by atoms with Gasteiger partial charge >= 0.3 is 6.03 Å². The van der Waals surface area contributed by atoms with Crippen molar-refractivity contribution in [3.63, 3.8) is 0 Å². The van der Waals surface area contributed by atoms with Crippen LogP contribution in [0.4, 0.5) is 4.79 Å². The largest absolute Gasteiger partial charge is 0.375 e. The van der Waals surface area contributed by atoms with E-state index in [1.54, 1.807) is 0 Å². The molecule has 2 amide bonds. The van der Waals surface area contributed by atoms with Crippen LogP contribution in [0.25, 0.3) is 0 Å². The van der Waals surface area contributed by atoms with Crippen molar-refractivity contribution in [3.8, 4) is 0 Å². The third-order valence-corrected chi connectivity index (χ3v) is 3.93. The van der Waals surface area contributed by atoms with Gasteiger partial charge in [0, 0.05) is 19.2 Å². The number of rotatable bonds is 6. The predicted octanol–water partition coefficient (Wildman–Crippen LogP) is 2.82. The molecule has 0 bridgehead atoms. The second kappa shape index (κ2) is 7.62. The Labute approximate surface area is 111 Å². The van der Waals surface area contributed by atoms with E-state index in [9.17, 15) is 4.79 Å². The van der Waals surface area contributed by atoms with Crippen molar-refractivity contribution in [3.05, 3.63) is 0 Å². The molecule has 1 atom stereocenters. The predicted molar refractivity (Wildman–Crippen MR) is 73.7 cm³/mol. The van der Waals surface area contributed by atoms with Crippen LogP contribution in [0.1, 0.15) is 59.3 Å². The maximum Gasteiger partial charge on any atom is 0.315 e. The van der Waals surface area contributed by atoms with Gasteiger partial charge in [-0.05, 0) is 32.1 Å². The Morgan fingerprint density at radius 2 is 2.06 bits per heavy atom. The van der Waals surface area contributed by atoms with E-state index in [1.807, 2.05) is 0 Å². The number of carbonyl (C=O) groups excluding carboxylic acids is 1. The lowest BCUT2D eigenvalue weighted by Gasteiger charge is -2.40. The van der Waals surface area contributed by atoms with Crippen molar-refractivity contribution in [1.82, 2.24) is 10.6 Å². The molecular weight excluding hydrogens is 228 g/mol. The maximum atomic E-state index is 11.7. The Bertz CT molecular complexity index is 252. The van der Waals surface area contributed by atoms with E-state index in [0.29, 0.717) is 0 Å². The Morgan fingerprint density at radius 3 is 2.67 bits per heavy atom. The summed E-state index contributed by atoms with van der Waals surface area (Å²) >= 11 is 0. The smallest absolute Gasteiger partial charge is 0.315 e. The maximum absolute atomic E-state index is 11.7. The summed E-state index contributed by atoms with van der Waals surface area (Å²) in [4.78, 5) is 11.7. The summed E-state index contributed by atoms with van der Waals surface area (Å²) in [7, 11) is 0. The van der Waals surface area contributed by atoms with E-state index in [0.717, 1.165) is 51.7 Å². The zero-order valence-electron chi connectivity index (χ0n) is 12.1. The average molecular weight is 256 g/mol. The first-order valence-electron chi connectivity index (χ1n) is 7.34. The Morgan fingerprint density at radius 1 is 1.33 bits per heavy atom. The summed E-state index contributed by atoms with van der Waals surface area (Å²) in [6.45, 7) is 7.95. The highest BCUT2D eigenvalue weighted by Gasteiger charge is 2.34. The number of hydrogen-bond acceptors (Lipinski definition) is 2. The van der Waals surface area contributed by atoms with Gasteiger partial charge in [0.2, 0.25) is 0 Å². The number of carbonyl (C=O) groups is 1. The van der Waals surface area contributed by atoms with Crippen LogP contribution in [-0.4, -0.2) is 30.8 Å². The third kappa shape index (κ3) is 4.48. The van der Waals surface area contributed by atoms with Gasteiger partial charge in [-0.2, -0.15) is 0 Å². The molecule has 0 aliphatic carbocycles. The van der Waals surface area contributed by atoms with Gasteiger partial charge in [-0.3, -0.25) is 0 Å². The second-order valence-electron chi connectivity index (χ2n) is 5.18. The molecular formula is C14H28N2O2. The molecule has 1 aliphatic heterocycles. The summed E-state index contributed by atoms with van der Waals surface area (Å²) in [6.07, 6.45) is 6.02. The average Bonchev–Trinajstić information content (AvgIpc) is 2.39. The molecule has 1 aliphatic rings. The molecule has 1 saturated heterocycles. The minimum Gasteiger partial charge on any atom is -0.375 e. The Kier molecular flexibility index (Phi) is 6.47. The lowest BCUT2D eigenvalue weighted by Crippen LogP contribution is -2.50. The second-order valence-corrected chi connectivity index (χ2v) is 5.18. The van der Waals surface area contributed by atoms with Crippen molar-refractivity contribution in [2.45, 2.75) is 70.9 Å². The lowest BCUT2D eigenvalue weighted by molar-refractivity contribution is -0.0915. The van der Waals surface area contributed by atoms with Gasteiger partial charge < -0.3 is 15.4 Å². The number of ether oxygens (including phenoxy) is 1. The van der Waals surface area contributed by atoms with E-state index in [-0.39, 0.29) is 17.7 Å². The summed E-state index contributed by atoms with van der Waals surface area (Å²) in [5.74, 6) is 0. The monoisotopic (exact) mass is 256 g/mol. The molecule has 0 spiro atoms. The lowest BCUT2D eigenvalue weighted by atomic mass is 9.86. The Balaban J connectivity index is 2.35. The van der Waals surface area contributed by atoms with Crippen molar-refractivity contribution < 1.29 is 9.53 Å². The number of amides is 2. The van der Waals surface area contributed by atoms with Gasteiger partial charge in [0.25, 0.3) is 0 Å². The van der Waals surface area contributed by atoms with Crippen molar-refractivity contribution >= 4 is 6.03 Å². The quantitative estimate of drug-likeness (QED) is 0.718. The molecule has 2 N–H and O–H groups in total. The van der Waals surface area contributed by atoms with Crippen LogP contribution in [0.15, 0.2) is 0 Å². The van der Waals surface area contributed by atoms with Crippen molar-refractivity contribution in [1.29, 1.82) is 0 Å². The first-order chi connectivity index (χ1) is 8.65. The highest BCUT2D eigenvalue weighted by molar-refractivity contribution is 5.74. The summed E-state index contributed by atoms with van der Waals surface area (Å²) in [6, 6.07) is 0.219. The molecule has 1 heterocycles. The van der Waals surface area contributed by atoms with E-state index in [2.05, 4.69) is 31.4 Å². The molecule has 0 aromatic carbocycles. The SMILES string of the molecule is CCCCNC(=O)NC1CCOC(CC)(CC)C1. The van der Waals surface area contributed by atoms with Crippen LogP contribution in [0.2, 0.25) is 0 Å². The number of urea groups is 1. The van der Waals surface area contributed by atoms with E-state index in [1.165, 1.54) is 0 Å². The minimum absolute atomic E-state index is 0.0282. The van der Waals surface area contributed by atoms with Crippen molar-refractivity contribution in [2.24, 2.45) is 0 Å². The van der Waals surface area contributed by atoms with Crippen LogP contribution in [0.3, 0.4) is 0 Å². The van der Waals surface area contributed by atoms with Gasteiger partial charge in [-0.15, -0.1) is 0 Å². The molecule has 4 nitrogen and oxygen atoms in total. The standard InChI is InChI=1S/C14H28N2O2/c1-4-7-9-15-13(17)16-12-8-10-18-14(5-2,6-3)11-12/h12H,4-11H2,1-3H3,(H2,15,16,17). The molecule has 0 aromatic heterocycles. The van der Waals surface area contributed by atoms with Crippen LogP contribution in [-0.2, 0) is 4.74 Å². The summed E-state index contributed by atoms with van der Waals surface area (Å²) < 4.78 is 5.90. The highest BCUT2D eigenvalue weighted by atomic mass is 16.5. The molecule has 0 radical (unpaired) electrons. The first-order valence-corrected chi connectivity index (χ1v) is 7.34.